The molecule has 1 aliphatic rings. The molecule has 0 amide bonds. The molecule has 0 aliphatic carbocycles. The van der Waals surface area contributed by atoms with Gasteiger partial charge in [-0.15, -0.1) is 0 Å². The Morgan fingerprint density at radius 2 is 2.10 bits per heavy atom. The van der Waals surface area contributed by atoms with Gasteiger partial charge in [0.05, 0.1) is 12.7 Å². The molecule has 2 N–H and O–H groups in total. The van der Waals surface area contributed by atoms with Crippen LogP contribution in [0.3, 0.4) is 0 Å². The van der Waals surface area contributed by atoms with Gasteiger partial charge in [-0.1, -0.05) is 6.07 Å². The number of aliphatic hydroxyl groups is 1. The maximum absolute atomic E-state index is 10.4. The highest BCUT2D eigenvalue weighted by Gasteiger charge is 2.15. The minimum atomic E-state index is -0.388. The average molecular weight is 278 g/mol. The number of piperazine rings is 1. The van der Waals surface area contributed by atoms with Gasteiger partial charge >= 0.3 is 0 Å². The standard InChI is InChI=1S/C16H26N2O2/c1-3-20-14-4-5-15(13(2)12-14)16(19)6-9-18-10-7-17-8-11-18/h4-5,12,16-17,19H,3,6-11H2,1-2H3. The number of aryl methyl sites for hydroxylation is 1. The van der Waals surface area contributed by atoms with Crippen molar-refractivity contribution >= 4 is 0 Å². The summed E-state index contributed by atoms with van der Waals surface area (Å²) in [6.45, 7) is 9.90. The van der Waals surface area contributed by atoms with Gasteiger partial charge in [0.25, 0.3) is 0 Å². The van der Waals surface area contributed by atoms with Crippen LogP contribution in [0.15, 0.2) is 18.2 Å². The van der Waals surface area contributed by atoms with Gasteiger partial charge in [0, 0.05) is 32.7 Å². The summed E-state index contributed by atoms with van der Waals surface area (Å²) in [5.41, 5.74) is 2.12. The summed E-state index contributed by atoms with van der Waals surface area (Å²) >= 11 is 0. The van der Waals surface area contributed by atoms with Gasteiger partial charge in [0.1, 0.15) is 5.75 Å². The largest absolute Gasteiger partial charge is 0.494 e. The Morgan fingerprint density at radius 1 is 1.35 bits per heavy atom. The third-order valence-corrected chi connectivity index (χ3v) is 3.84. The molecule has 1 fully saturated rings. The molecule has 4 nitrogen and oxygen atoms in total. The Labute approximate surface area is 121 Å². The second-order valence-corrected chi connectivity index (χ2v) is 5.35. The van der Waals surface area contributed by atoms with Crippen molar-refractivity contribution < 1.29 is 9.84 Å². The van der Waals surface area contributed by atoms with Crippen LogP contribution < -0.4 is 10.1 Å². The Hall–Kier alpha value is -1.10. The SMILES string of the molecule is CCOc1ccc(C(O)CCN2CCNCC2)c(C)c1. The summed E-state index contributed by atoms with van der Waals surface area (Å²) in [7, 11) is 0. The summed E-state index contributed by atoms with van der Waals surface area (Å²) in [4.78, 5) is 2.41. The molecular formula is C16H26N2O2. The van der Waals surface area contributed by atoms with Crippen molar-refractivity contribution in [3.05, 3.63) is 29.3 Å². The van der Waals surface area contributed by atoms with Gasteiger partial charge in [-0.05, 0) is 43.5 Å². The third-order valence-electron chi connectivity index (χ3n) is 3.84. The quantitative estimate of drug-likeness (QED) is 0.832. The summed E-state index contributed by atoms with van der Waals surface area (Å²) < 4.78 is 5.48. The second-order valence-electron chi connectivity index (χ2n) is 5.35. The van der Waals surface area contributed by atoms with Gasteiger partial charge < -0.3 is 20.1 Å². The first-order valence-corrected chi connectivity index (χ1v) is 7.55. The Morgan fingerprint density at radius 3 is 2.75 bits per heavy atom. The van der Waals surface area contributed by atoms with Crippen LogP contribution in [0.4, 0.5) is 0 Å². The summed E-state index contributed by atoms with van der Waals surface area (Å²) in [6, 6.07) is 5.94. The molecule has 1 aromatic rings. The van der Waals surface area contributed by atoms with Gasteiger partial charge in [-0.25, -0.2) is 0 Å². The normalized spacial score (nSPS) is 17.9. The fourth-order valence-corrected chi connectivity index (χ4v) is 2.67. The molecule has 1 heterocycles. The van der Waals surface area contributed by atoms with Crippen LogP contribution in [0.5, 0.6) is 5.75 Å². The molecular weight excluding hydrogens is 252 g/mol. The number of hydrogen-bond acceptors (Lipinski definition) is 4. The van der Waals surface area contributed by atoms with Gasteiger partial charge in [0.15, 0.2) is 0 Å². The summed E-state index contributed by atoms with van der Waals surface area (Å²) in [6.07, 6.45) is 0.398. The molecule has 0 spiro atoms. The zero-order chi connectivity index (χ0) is 14.4. The molecule has 2 rings (SSSR count). The maximum Gasteiger partial charge on any atom is 0.119 e. The van der Waals surface area contributed by atoms with Gasteiger partial charge in [-0.3, -0.25) is 0 Å². The van der Waals surface area contributed by atoms with Crippen LogP contribution in [0.2, 0.25) is 0 Å². The molecule has 1 aromatic carbocycles. The van der Waals surface area contributed by atoms with E-state index >= 15 is 0 Å². The first-order valence-electron chi connectivity index (χ1n) is 7.55. The fraction of sp³-hybridized carbons (Fsp3) is 0.625. The van der Waals surface area contributed by atoms with Gasteiger partial charge in [-0.2, -0.15) is 0 Å². The summed E-state index contributed by atoms with van der Waals surface area (Å²) in [5.74, 6) is 0.878. The van der Waals surface area contributed by atoms with Crippen molar-refractivity contribution in [2.24, 2.45) is 0 Å². The topological polar surface area (TPSA) is 44.7 Å². The number of nitrogens with zero attached hydrogens (tertiary/aromatic N) is 1. The van der Waals surface area contributed by atoms with Crippen LogP contribution in [-0.2, 0) is 0 Å². The molecule has 1 aliphatic heterocycles. The smallest absolute Gasteiger partial charge is 0.119 e. The van der Waals surface area contributed by atoms with E-state index in [2.05, 4.69) is 10.2 Å². The first kappa shape index (κ1) is 15.3. The minimum absolute atomic E-state index is 0.388. The lowest BCUT2D eigenvalue weighted by molar-refractivity contribution is 0.136. The highest BCUT2D eigenvalue weighted by molar-refractivity contribution is 5.36. The lowest BCUT2D eigenvalue weighted by atomic mass is 10.0. The molecule has 0 saturated carbocycles. The molecule has 0 radical (unpaired) electrons. The van der Waals surface area contributed by atoms with E-state index in [9.17, 15) is 5.11 Å². The van der Waals surface area contributed by atoms with Crippen LogP contribution in [0, 0.1) is 6.92 Å². The zero-order valence-corrected chi connectivity index (χ0v) is 12.6. The third kappa shape index (κ3) is 4.20. The highest BCUT2D eigenvalue weighted by atomic mass is 16.5. The summed E-state index contributed by atoms with van der Waals surface area (Å²) in [5, 5.41) is 13.7. The maximum atomic E-state index is 10.4. The molecule has 0 aromatic heterocycles. The molecule has 20 heavy (non-hydrogen) atoms. The predicted molar refractivity (Wildman–Crippen MR) is 81.2 cm³/mol. The Kier molecular flexibility index (Phi) is 5.83. The van der Waals surface area contributed by atoms with E-state index in [0.29, 0.717) is 6.61 Å². The Bertz CT molecular complexity index is 417. The van der Waals surface area contributed by atoms with E-state index in [1.54, 1.807) is 0 Å². The van der Waals surface area contributed by atoms with Crippen LogP contribution >= 0.6 is 0 Å². The lowest BCUT2D eigenvalue weighted by Gasteiger charge is -2.28. The van der Waals surface area contributed by atoms with E-state index < -0.39 is 0 Å². The van der Waals surface area contributed by atoms with Crippen molar-refractivity contribution in [1.29, 1.82) is 0 Å². The molecule has 1 unspecified atom stereocenters. The average Bonchev–Trinajstić information content (AvgIpc) is 2.46. The van der Waals surface area contributed by atoms with E-state index in [-0.39, 0.29) is 6.10 Å². The molecule has 112 valence electrons. The van der Waals surface area contributed by atoms with Crippen LogP contribution in [0.1, 0.15) is 30.6 Å². The van der Waals surface area contributed by atoms with Crippen molar-refractivity contribution in [1.82, 2.24) is 10.2 Å². The van der Waals surface area contributed by atoms with E-state index in [1.807, 2.05) is 32.0 Å². The lowest BCUT2D eigenvalue weighted by Crippen LogP contribution is -2.44. The predicted octanol–water partition coefficient (Wildman–Crippen LogP) is 1.72. The Balaban J connectivity index is 1.89. The number of hydrogen-bond donors (Lipinski definition) is 2. The van der Waals surface area contributed by atoms with Crippen LogP contribution in [-0.4, -0.2) is 49.3 Å². The number of benzene rings is 1. The van der Waals surface area contributed by atoms with Crippen molar-refractivity contribution in [3.63, 3.8) is 0 Å². The van der Waals surface area contributed by atoms with E-state index in [4.69, 9.17) is 4.74 Å². The minimum Gasteiger partial charge on any atom is -0.494 e. The van der Waals surface area contributed by atoms with Crippen LogP contribution in [0.25, 0.3) is 0 Å². The van der Waals surface area contributed by atoms with Crippen molar-refractivity contribution in [2.45, 2.75) is 26.4 Å². The first-order chi connectivity index (χ1) is 9.70. The number of nitrogens with one attached hydrogen (secondary N) is 1. The van der Waals surface area contributed by atoms with Crippen molar-refractivity contribution in [2.75, 3.05) is 39.3 Å². The number of rotatable bonds is 6. The van der Waals surface area contributed by atoms with Crippen molar-refractivity contribution in [3.8, 4) is 5.75 Å². The van der Waals surface area contributed by atoms with Gasteiger partial charge in [0.2, 0.25) is 0 Å². The fourth-order valence-electron chi connectivity index (χ4n) is 2.67. The van der Waals surface area contributed by atoms with E-state index in [1.165, 1.54) is 0 Å². The molecule has 4 heteroatoms. The number of ether oxygens (including phenoxy) is 1. The molecule has 1 saturated heterocycles. The molecule has 0 bridgehead atoms. The second kappa shape index (κ2) is 7.62. The van der Waals surface area contributed by atoms with E-state index in [0.717, 1.165) is 56.0 Å². The number of aliphatic hydroxyl groups excluding tert-OH is 1. The molecule has 1 atom stereocenters. The highest BCUT2D eigenvalue weighted by Crippen LogP contribution is 2.25. The monoisotopic (exact) mass is 278 g/mol. The zero-order valence-electron chi connectivity index (χ0n) is 12.6.